The topological polar surface area (TPSA) is 12.0 Å². The van der Waals surface area contributed by atoms with Crippen LogP contribution in [0.15, 0.2) is 0 Å². The van der Waals surface area contributed by atoms with Crippen molar-refractivity contribution in [2.75, 3.05) is 12.3 Å². The molecule has 0 saturated heterocycles. The maximum atomic E-state index is 3.78. The molecule has 0 radical (unpaired) electrons. The number of hydrogen-bond acceptors (Lipinski definition) is 2. The van der Waals surface area contributed by atoms with E-state index in [1.54, 1.807) is 0 Å². The highest BCUT2D eigenvalue weighted by atomic mass is 32.2. The van der Waals surface area contributed by atoms with Crippen LogP contribution in [-0.4, -0.2) is 23.6 Å². The highest BCUT2D eigenvalue weighted by Crippen LogP contribution is 2.34. The van der Waals surface area contributed by atoms with Gasteiger partial charge in [0.15, 0.2) is 0 Å². The van der Waals surface area contributed by atoms with Gasteiger partial charge in [-0.2, -0.15) is 11.8 Å². The lowest BCUT2D eigenvalue weighted by Gasteiger charge is -2.34. The molecule has 0 aliphatic heterocycles. The van der Waals surface area contributed by atoms with E-state index in [4.69, 9.17) is 0 Å². The van der Waals surface area contributed by atoms with Crippen molar-refractivity contribution in [2.24, 2.45) is 11.8 Å². The maximum Gasteiger partial charge on any atom is 0.0186 e. The molecule has 0 aromatic rings. The van der Waals surface area contributed by atoms with Crippen LogP contribution in [0.3, 0.4) is 0 Å². The lowest BCUT2D eigenvalue weighted by molar-refractivity contribution is 0.235. The van der Waals surface area contributed by atoms with Gasteiger partial charge in [0.05, 0.1) is 0 Å². The zero-order chi connectivity index (χ0) is 12.8. The van der Waals surface area contributed by atoms with Crippen molar-refractivity contribution < 1.29 is 0 Å². The second kappa shape index (κ2) is 7.79. The number of nitrogens with one attached hydrogen (secondary N) is 1. The first-order chi connectivity index (χ1) is 8.79. The van der Waals surface area contributed by atoms with E-state index >= 15 is 0 Å². The SMILES string of the molecule is CCNC(CSC1CCCC1)C1CCCC(C)C1. The summed E-state index contributed by atoms with van der Waals surface area (Å²) in [5, 5.41) is 4.75. The molecule has 2 fully saturated rings. The molecule has 0 bridgehead atoms. The largest absolute Gasteiger partial charge is 0.313 e. The summed E-state index contributed by atoms with van der Waals surface area (Å²) < 4.78 is 0. The Morgan fingerprint density at radius 2 is 1.89 bits per heavy atom. The molecule has 0 spiro atoms. The zero-order valence-electron chi connectivity index (χ0n) is 12.3. The Hall–Kier alpha value is 0.310. The van der Waals surface area contributed by atoms with Gasteiger partial charge in [0.25, 0.3) is 0 Å². The molecule has 2 aliphatic rings. The van der Waals surface area contributed by atoms with Gasteiger partial charge < -0.3 is 5.32 Å². The highest BCUT2D eigenvalue weighted by Gasteiger charge is 2.27. The van der Waals surface area contributed by atoms with Crippen molar-refractivity contribution in [3.8, 4) is 0 Å². The van der Waals surface area contributed by atoms with Crippen molar-refractivity contribution in [1.82, 2.24) is 5.32 Å². The van der Waals surface area contributed by atoms with Gasteiger partial charge >= 0.3 is 0 Å². The molecule has 0 aromatic heterocycles. The number of hydrogen-bond donors (Lipinski definition) is 1. The molecule has 3 atom stereocenters. The lowest BCUT2D eigenvalue weighted by atomic mass is 9.79. The first kappa shape index (κ1) is 14.7. The van der Waals surface area contributed by atoms with Gasteiger partial charge in [-0.15, -0.1) is 0 Å². The van der Waals surface area contributed by atoms with E-state index in [0.29, 0.717) is 0 Å². The monoisotopic (exact) mass is 269 g/mol. The van der Waals surface area contributed by atoms with Gasteiger partial charge in [-0.05, 0) is 44.1 Å². The first-order valence-corrected chi connectivity index (χ1v) is 9.19. The Kier molecular flexibility index (Phi) is 6.37. The molecule has 1 N–H and O–H groups in total. The molecular weight excluding hydrogens is 238 g/mol. The van der Waals surface area contributed by atoms with E-state index in [1.165, 1.54) is 57.1 Å². The summed E-state index contributed by atoms with van der Waals surface area (Å²) in [6.45, 7) is 5.85. The van der Waals surface area contributed by atoms with Gasteiger partial charge in [0.2, 0.25) is 0 Å². The van der Waals surface area contributed by atoms with E-state index in [9.17, 15) is 0 Å². The van der Waals surface area contributed by atoms with Crippen molar-refractivity contribution in [3.05, 3.63) is 0 Å². The molecule has 1 nitrogen and oxygen atoms in total. The van der Waals surface area contributed by atoms with E-state index in [-0.39, 0.29) is 0 Å². The Morgan fingerprint density at radius 3 is 2.56 bits per heavy atom. The Bertz CT molecular complexity index is 225. The van der Waals surface area contributed by atoms with Crippen LogP contribution in [-0.2, 0) is 0 Å². The van der Waals surface area contributed by atoms with Crippen LogP contribution in [0.5, 0.6) is 0 Å². The molecule has 0 amide bonds. The van der Waals surface area contributed by atoms with E-state index in [0.717, 1.165) is 29.7 Å². The molecule has 106 valence electrons. The molecule has 18 heavy (non-hydrogen) atoms. The smallest absolute Gasteiger partial charge is 0.0186 e. The molecule has 0 heterocycles. The van der Waals surface area contributed by atoms with Crippen molar-refractivity contribution in [1.29, 1.82) is 0 Å². The summed E-state index contributed by atoms with van der Waals surface area (Å²) in [7, 11) is 0. The van der Waals surface area contributed by atoms with E-state index < -0.39 is 0 Å². The molecule has 2 rings (SSSR count). The normalized spacial score (nSPS) is 31.7. The Morgan fingerprint density at radius 1 is 1.11 bits per heavy atom. The quantitative estimate of drug-likeness (QED) is 0.763. The van der Waals surface area contributed by atoms with Gasteiger partial charge in [-0.25, -0.2) is 0 Å². The number of thioether (sulfide) groups is 1. The summed E-state index contributed by atoms with van der Waals surface area (Å²) in [5.41, 5.74) is 0. The molecular formula is C16H31NS. The van der Waals surface area contributed by atoms with Gasteiger partial charge in [-0.1, -0.05) is 39.5 Å². The highest BCUT2D eigenvalue weighted by molar-refractivity contribution is 7.99. The minimum Gasteiger partial charge on any atom is -0.313 e. The second-order valence-electron chi connectivity index (χ2n) is 6.44. The third-order valence-electron chi connectivity index (χ3n) is 4.83. The summed E-state index contributed by atoms with van der Waals surface area (Å²) >= 11 is 2.26. The molecule has 3 unspecified atom stereocenters. The van der Waals surface area contributed by atoms with Crippen LogP contribution in [0, 0.1) is 11.8 Å². The molecule has 2 aliphatic carbocycles. The van der Waals surface area contributed by atoms with Crippen LogP contribution in [0.4, 0.5) is 0 Å². The van der Waals surface area contributed by atoms with Gasteiger partial charge in [0, 0.05) is 17.0 Å². The summed E-state index contributed by atoms with van der Waals surface area (Å²) in [6, 6.07) is 0.781. The number of rotatable bonds is 6. The summed E-state index contributed by atoms with van der Waals surface area (Å²) in [4.78, 5) is 0. The summed E-state index contributed by atoms with van der Waals surface area (Å²) in [6.07, 6.45) is 11.8. The maximum absolute atomic E-state index is 3.78. The minimum absolute atomic E-state index is 0.781. The Balaban J connectivity index is 1.78. The van der Waals surface area contributed by atoms with E-state index in [2.05, 4.69) is 30.9 Å². The predicted molar refractivity (Wildman–Crippen MR) is 83.3 cm³/mol. The third-order valence-corrected chi connectivity index (χ3v) is 6.32. The predicted octanol–water partition coefficient (Wildman–Crippen LogP) is 4.47. The van der Waals surface area contributed by atoms with Crippen LogP contribution in [0.1, 0.15) is 65.2 Å². The average molecular weight is 269 g/mol. The first-order valence-electron chi connectivity index (χ1n) is 8.14. The van der Waals surface area contributed by atoms with Crippen LogP contribution in [0.25, 0.3) is 0 Å². The lowest BCUT2D eigenvalue weighted by Crippen LogP contribution is -2.40. The van der Waals surface area contributed by atoms with Crippen LogP contribution < -0.4 is 5.32 Å². The zero-order valence-corrected chi connectivity index (χ0v) is 13.1. The van der Waals surface area contributed by atoms with Crippen LogP contribution in [0.2, 0.25) is 0 Å². The average Bonchev–Trinajstić information content (AvgIpc) is 2.87. The standard InChI is InChI=1S/C16H31NS/c1-3-17-16(12-18-15-9-4-5-10-15)14-8-6-7-13(2)11-14/h13-17H,3-12H2,1-2H3. The van der Waals surface area contributed by atoms with E-state index in [1.807, 2.05) is 0 Å². The van der Waals surface area contributed by atoms with Gasteiger partial charge in [-0.3, -0.25) is 0 Å². The molecule has 2 heteroatoms. The fourth-order valence-corrected chi connectivity index (χ4v) is 5.30. The fraction of sp³-hybridized carbons (Fsp3) is 1.00. The third kappa shape index (κ3) is 4.45. The minimum atomic E-state index is 0.781. The second-order valence-corrected chi connectivity index (χ2v) is 7.77. The fourth-order valence-electron chi connectivity index (χ4n) is 3.77. The van der Waals surface area contributed by atoms with Crippen LogP contribution >= 0.6 is 11.8 Å². The van der Waals surface area contributed by atoms with Gasteiger partial charge in [0.1, 0.15) is 0 Å². The van der Waals surface area contributed by atoms with Crippen molar-refractivity contribution in [3.63, 3.8) is 0 Å². The molecule has 0 aromatic carbocycles. The summed E-state index contributed by atoms with van der Waals surface area (Å²) in [5.74, 6) is 3.26. The Labute approximate surface area is 118 Å². The van der Waals surface area contributed by atoms with Crippen molar-refractivity contribution >= 4 is 11.8 Å². The van der Waals surface area contributed by atoms with Crippen molar-refractivity contribution in [2.45, 2.75) is 76.5 Å². The molecule has 2 saturated carbocycles.